The largest absolute Gasteiger partial charge is 0.387 e. The van der Waals surface area contributed by atoms with Crippen LogP contribution in [0, 0.1) is 11.3 Å². The highest BCUT2D eigenvalue weighted by Gasteiger charge is 2.03. The Morgan fingerprint density at radius 2 is 1.69 bits per heavy atom. The van der Waals surface area contributed by atoms with Gasteiger partial charge in [0.2, 0.25) is 0 Å². The van der Waals surface area contributed by atoms with Gasteiger partial charge in [0.1, 0.15) is 0 Å². The molecule has 0 radical (unpaired) electrons. The second-order valence-corrected chi connectivity index (χ2v) is 3.91. The first-order chi connectivity index (χ1) is 6.18. The van der Waals surface area contributed by atoms with Gasteiger partial charge in [0, 0.05) is 5.92 Å². The van der Waals surface area contributed by atoms with E-state index in [0.29, 0.717) is 5.84 Å². The lowest BCUT2D eigenvalue weighted by Gasteiger charge is -2.08. The average Bonchev–Trinajstić information content (AvgIpc) is 2.10. The van der Waals surface area contributed by atoms with E-state index in [2.05, 4.69) is 6.92 Å². The van der Waals surface area contributed by atoms with Gasteiger partial charge in [-0.25, -0.2) is 0 Å². The summed E-state index contributed by atoms with van der Waals surface area (Å²) in [5.74, 6) is 0.625. The quantitative estimate of drug-likeness (QED) is 0.339. The molecule has 0 spiro atoms. The van der Waals surface area contributed by atoms with Crippen LogP contribution in [-0.2, 0) is 0 Å². The van der Waals surface area contributed by atoms with Crippen molar-refractivity contribution in [2.75, 3.05) is 0 Å². The van der Waals surface area contributed by atoms with E-state index in [-0.39, 0.29) is 5.92 Å². The summed E-state index contributed by atoms with van der Waals surface area (Å²) >= 11 is 0. The van der Waals surface area contributed by atoms with Crippen LogP contribution >= 0.6 is 0 Å². The van der Waals surface area contributed by atoms with Crippen LogP contribution in [0.1, 0.15) is 58.8 Å². The Bertz CT molecular complexity index is 132. The van der Waals surface area contributed by atoms with Crippen molar-refractivity contribution in [3.8, 4) is 0 Å². The average molecular weight is 184 g/mol. The van der Waals surface area contributed by atoms with Gasteiger partial charge >= 0.3 is 0 Å². The molecule has 13 heavy (non-hydrogen) atoms. The van der Waals surface area contributed by atoms with Gasteiger partial charge in [-0.1, -0.05) is 52.4 Å². The Labute approximate surface area is 82.4 Å². The van der Waals surface area contributed by atoms with Crippen molar-refractivity contribution in [3.63, 3.8) is 0 Å². The first-order valence-corrected chi connectivity index (χ1v) is 5.52. The topological polar surface area (TPSA) is 49.9 Å². The summed E-state index contributed by atoms with van der Waals surface area (Å²) in [5, 5.41) is 7.22. The van der Waals surface area contributed by atoms with Gasteiger partial charge in [0.05, 0.1) is 5.84 Å². The highest BCUT2D eigenvalue weighted by molar-refractivity contribution is 5.79. The summed E-state index contributed by atoms with van der Waals surface area (Å²) in [6.45, 7) is 4.27. The molecule has 0 aromatic heterocycles. The van der Waals surface area contributed by atoms with E-state index in [1.807, 2.05) is 6.92 Å². The van der Waals surface area contributed by atoms with Crippen LogP contribution < -0.4 is 5.73 Å². The number of hydrogen-bond donors (Lipinski definition) is 2. The zero-order valence-corrected chi connectivity index (χ0v) is 9.10. The number of hydrogen-bond acceptors (Lipinski definition) is 1. The predicted molar refractivity (Wildman–Crippen MR) is 59.1 cm³/mol. The Morgan fingerprint density at radius 1 is 1.15 bits per heavy atom. The summed E-state index contributed by atoms with van der Waals surface area (Å²) in [7, 11) is 0. The normalized spacial score (nSPS) is 12.8. The SMILES string of the molecule is CCCCCCCC[C@H](C)C(=N)N. The molecule has 0 heterocycles. The van der Waals surface area contributed by atoms with E-state index in [9.17, 15) is 0 Å². The smallest absolute Gasteiger partial charge is 0.0934 e. The third-order valence-electron chi connectivity index (χ3n) is 2.52. The lowest BCUT2D eigenvalue weighted by atomic mass is 10.0. The van der Waals surface area contributed by atoms with Gasteiger partial charge in [0.15, 0.2) is 0 Å². The van der Waals surface area contributed by atoms with E-state index in [1.54, 1.807) is 0 Å². The van der Waals surface area contributed by atoms with E-state index < -0.39 is 0 Å². The molecule has 0 aromatic carbocycles. The van der Waals surface area contributed by atoms with E-state index >= 15 is 0 Å². The van der Waals surface area contributed by atoms with Crippen molar-refractivity contribution >= 4 is 5.84 Å². The highest BCUT2D eigenvalue weighted by Crippen LogP contribution is 2.11. The molecular formula is C11H24N2. The Morgan fingerprint density at radius 3 is 2.23 bits per heavy atom. The molecule has 0 unspecified atom stereocenters. The standard InChI is InChI=1S/C11H24N2/c1-3-4-5-6-7-8-9-10(2)11(12)13/h10H,3-9H2,1-2H3,(H3,12,13)/t10-/m0/s1. The number of nitrogens with one attached hydrogen (secondary N) is 1. The molecule has 0 rings (SSSR count). The lowest BCUT2D eigenvalue weighted by molar-refractivity contribution is 0.553. The molecule has 3 N–H and O–H groups in total. The highest BCUT2D eigenvalue weighted by atomic mass is 14.7. The molecule has 0 aliphatic heterocycles. The lowest BCUT2D eigenvalue weighted by Crippen LogP contribution is -2.19. The fraction of sp³-hybridized carbons (Fsp3) is 0.909. The Hall–Kier alpha value is -0.530. The maximum absolute atomic E-state index is 7.22. The summed E-state index contributed by atoms with van der Waals surface area (Å²) in [5.41, 5.74) is 5.38. The number of amidine groups is 1. The second-order valence-electron chi connectivity index (χ2n) is 3.91. The third-order valence-corrected chi connectivity index (χ3v) is 2.52. The van der Waals surface area contributed by atoms with Crippen molar-refractivity contribution in [2.24, 2.45) is 11.7 Å². The summed E-state index contributed by atoms with van der Waals surface area (Å²) in [4.78, 5) is 0. The Balaban J connectivity index is 3.11. The minimum atomic E-state index is 0.283. The summed E-state index contributed by atoms with van der Waals surface area (Å²) in [6.07, 6.45) is 9.00. The van der Waals surface area contributed by atoms with Crippen molar-refractivity contribution in [1.29, 1.82) is 5.41 Å². The van der Waals surface area contributed by atoms with Gasteiger partial charge in [-0.05, 0) is 6.42 Å². The van der Waals surface area contributed by atoms with Gasteiger partial charge < -0.3 is 5.73 Å². The summed E-state index contributed by atoms with van der Waals surface area (Å²) < 4.78 is 0. The molecule has 0 aromatic rings. The maximum atomic E-state index is 7.22. The molecule has 1 atom stereocenters. The van der Waals surface area contributed by atoms with Crippen molar-refractivity contribution in [3.05, 3.63) is 0 Å². The monoisotopic (exact) mass is 184 g/mol. The van der Waals surface area contributed by atoms with Crippen LogP contribution in [-0.4, -0.2) is 5.84 Å². The molecule has 0 fully saturated rings. The van der Waals surface area contributed by atoms with Gasteiger partial charge in [-0.15, -0.1) is 0 Å². The van der Waals surface area contributed by atoms with Crippen LogP contribution in [0.3, 0.4) is 0 Å². The van der Waals surface area contributed by atoms with Crippen molar-refractivity contribution in [2.45, 2.75) is 58.8 Å². The molecule has 2 nitrogen and oxygen atoms in total. The van der Waals surface area contributed by atoms with Crippen LogP contribution in [0.2, 0.25) is 0 Å². The number of nitrogens with two attached hydrogens (primary N) is 1. The second kappa shape index (κ2) is 8.09. The predicted octanol–water partition coefficient (Wildman–Crippen LogP) is 3.31. The number of rotatable bonds is 8. The molecule has 0 amide bonds. The van der Waals surface area contributed by atoms with Gasteiger partial charge in [-0.2, -0.15) is 0 Å². The van der Waals surface area contributed by atoms with Crippen LogP contribution in [0.15, 0.2) is 0 Å². The van der Waals surface area contributed by atoms with Gasteiger partial charge in [-0.3, -0.25) is 5.41 Å². The zero-order valence-electron chi connectivity index (χ0n) is 9.10. The number of unbranched alkanes of at least 4 members (excludes halogenated alkanes) is 5. The minimum Gasteiger partial charge on any atom is -0.387 e. The first kappa shape index (κ1) is 12.5. The first-order valence-electron chi connectivity index (χ1n) is 5.52. The van der Waals surface area contributed by atoms with Crippen molar-refractivity contribution in [1.82, 2.24) is 0 Å². The molecule has 0 bridgehead atoms. The molecule has 78 valence electrons. The molecule has 0 aliphatic carbocycles. The fourth-order valence-electron chi connectivity index (χ4n) is 1.39. The minimum absolute atomic E-state index is 0.283. The fourth-order valence-corrected chi connectivity index (χ4v) is 1.39. The molecular weight excluding hydrogens is 160 g/mol. The van der Waals surface area contributed by atoms with Crippen molar-refractivity contribution < 1.29 is 0 Å². The molecule has 0 saturated carbocycles. The van der Waals surface area contributed by atoms with Gasteiger partial charge in [0.25, 0.3) is 0 Å². The van der Waals surface area contributed by atoms with E-state index in [0.717, 1.165) is 6.42 Å². The third kappa shape index (κ3) is 7.82. The maximum Gasteiger partial charge on any atom is 0.0934 e. The summed E-state index contributed by atoms with van der Waals surface area (Å²) in [6, 6.07) is 0. The molecule has 0 saturated heterocycles. The Kier molecular flexibility index (Phi) is 7.76. The zero-order chi connectivity index (χ0) is 10.1. The van der Waals surface area contributed by atoms with Crippen LogP contribution in [0.5, 0.6) is 0 Å². The van der Waals surface area contributed by atoms with Crippen LogP contribution in [0.25, 0.3) is 0 Å². The molecule has 0 aliphatic rings. The van der Waals surface area contributed by atoms with Crippen LogP contribution in [0.4, 0.5) is 0 Å². The van der Waals surface area contributed by atoms with E-state index in [4.69, 9.17) is 11.1 Å². The van der Waals surface area contributed by atoms with E-state index in [1.165, 1.54) is 38.5 Å². The molecule has 2 heteroatoms.